The van der Waals surface area contributed by atoms with E-state index in [4.69, 9.17) is 5.11 Å². The molecule has 0 radical (unpaired) electrons. The molecule has 0 bridgehead atoms. The van der Waals surface area contributed by atoms with Gasteiger partial charge in [0.2, 0.25) is 0 Å². The summed E-state index contributed by atoms with van der Waals surface area (Å²) in [5.74, 6) is -1.88. The van der Waals surface area contributed by atoms with Crippen molar-refractivity contribution in [1.82, 2.24) is 4.98 Å². The van der Waals surface area contributed by atoms with Crippen LogP contribution in [-0.2, 0) is 0 Å². The summed E-state index contributed by atoms with van der Waals surface area (Å²) in [6.45, 7) is 0. The molecule has 1 aromatic carbocycles. The number of halogens is 1. The molecule has 0 saturated carbocycles. The van der Waals surface area contributed by atoms with Gasteiger partial charge in [-0.3, -0.25) is 4.98 Å². The normalized spacial score (nSPS) is 10.2. The monoisotopic (exact) mass is 233 g/mol. The highest BCUT2D eigenvalue weighted by atomic mass is 19.1. The molecule has 5 heteroatoms. The second-order valence-electron chi connectivity index (χ2n) is 3.43. The molecule has 1 heterocycles. The Morgan fingerprint density at radius 3 is 2.59 bits per heavy atom. The first-order valence-electron chi connectivity index (χ1n) is 4.75. The molecule has 86 valence electrons. The number of carboxylic acids is 1. The van der Waals surface area contributed by atoms with Gasteiger partial charge in [-0.1, -0.05) is 0 Å². The van der Waals surface area contributed by atoms with Gasteiger partial charge >= 0.3 is 5.97 Å². The molecule has 0 aliphatic heterocycles. The van der Waals surface area contributed by atoms with E-state index >= 15 is 0 Å². The van der Waals surface area contributed by atoms with Gasteiger partial charge in [0.05, 0.1) is 11.8 Å². The zero-order valence-corrected chi connectivity index (χ0v) is 8.59. The van der Waals surface area contributed by atoms with Gasteiger partial charge in [-0.15, -0.1) is 0 Å². The van der Waals surface area contributed by atoms with E-state index in [9.17, 15) is 14.3 Å². The molecule has 2 rings (SSSR count). The lowest BCUT2D eigenvalue weighted by molar-refractivity contribution is 0.0696. The predicted molar refractivity (Wildman–Crippen MR) is 58.3 cm³/mol. The van der Waals surface area contributed by atoms with E-state index in [-0.39, 0.29) is 11.3 Å². The number of aromatic nitrogens is 1. The number of nitrogens with zero attached hydrogens (tertiary/aromatic N) is 1. The number of benzene rings is 1. The minimum atomic E-state index is -1.13. The molecular formula is C12H8FNO3. The van der Waals surface area contributed by atoms with Crippen LogP contribution in [0, 0.1) is 5.82 Å². The number of carboxylic acid groups (broad SMARTS) is 1. The molecule has 0 fully saturated rings. The third-order valence-electron chi connectivity index (χ3n) is 2.26. The van der Waals surface area contributed by atoms with Gasteiger partial charge in [-0.25, -0.2) is 9.18 Å². The molecule has 1 aromatic heterocycles. The van der Waals surface area contributed by atoms with E-state index in [1.165, 1.54) is 24.4 Å². The Balaban J connectivity index is 2.50. The minimum absolute atomic E-state index is 0.0318. The number of phenols is 1. The SMILES string of the molecule is O=C(O)c1ccc(-c2cncc(F)c2)c(O)c1. The second kappa shape index (κ2) is 4.21. The fourth-order valence-electron chi connectivity index (χ4n) is 1.47. The largest absolute Gasteiger partial charge is 0.507 e. The van der Waals surface area contributed by atoms with Crippen molar-refractivity contribution in [2.75, 3.05) is 0 Å². The number of carbonyl (C=O) groups is 1. The van der Waals surface area contributed by atoms with Gasteiger partial charge in [0.25, 0.3) is 0 Å². The maximum absolute atomic E-state index is 13.0. The van der Waals surface area contributed by atoms with Crippen LogP contribution in [0.3, 0.4) is 0 Å². The summed E-state index contributed by atoms with van der Waals surface area (Å²) in [7, 11) is 0. The molecule has 0 spiro atoms. The predicted octanol–water partition coefficient (Wildman–Crippen LogP) is 2.29. The molecule has 0 aliphatic rings. The van der Waals surface area contributed by atoms with E-state index in [0.29, 0.717) is 11.1 Å². The van der Waals surface area contributed by atoms with Gasteiger partial charge in [-0.05, 0) is 24.3 Å². The maximum atomic E-state index is 13.0. The van der Waals surface area contributed by atoms with Gasteiger partial charge in [0, 0.05) is 17.3 Å². The topological polar surface area (TPSA) is 70.4 Å². The first-order chi connectivity index (χ1) is 8.08. The van der Waals surface area contributed by atoms with Crippen molar-refractivity contribution >= 4 is 5.97 Å². The number of pyridine rings is 1. The van der Waals surface area contributed by atoms with E-state index in [1.807, 2.05) is 0 Å². The van der Waals surface area contributed by atoms with Crippen molar-refractivity contribution in [3.63, 3.8) is 0 Å². The highest BCUT2D eigenvalue weighted by molar-refractivity contribution is 5.89. The van der Waals surface area contributed by atoms with Crippen LogP contribution in [0.5, 0.6) is 5.75 Å². The maximum Gasteiger partial charge on any atom is 0.335 e. The fraction of sp³-hybridized carbons (Fsp3) is 0. The molecule has 2 aromatic rings. The molecular weight excluding hydrogens is 225 g/mol. The smallest absolute Gasteiger partial charge is 0.335 e. The second-order valence-corrected chi connectivity index (χ2v) is 3.43. The summed E-state index contributed by atoms with van der Waals surface area (Å²) < 4.78 is 13.0. The van der Waals surface area contributed by atoms with E-state index in [0.717, 1.165) is 12.3 Å². The van der Waals surface area contributed by atoms with Gasteiger partial charge < -0.3 is 10.2 Å². The molecule has 0 atom stereocenters. The number of hydrogen-bond acceptors (Lipinski definition) is 3. The first-order valence-corrected chi connectivity index (χ1v) is 4.75. The molecule has 0 aliphatic carbocycles. The summed E-state index contributed by atoms with van der Waals surface area (Å²) >= 11 is 0. The minimum Gasteiger partial charge on any atom is -0.507 e. The number of hydrogen-bond donors (Lipinski definition) is 2. The van der Waals surface area contributed by atoms with Gasteiger partial charge in [0.1, 0.15) is 11.6 Å². The summed E-state index contributed by atoms with van der Waals surface area (Å²) in [5, 5.41) is 18.4. The molecule has 2 N–H and O–H groups in total. The lowest BCUT2D eigenvalue weighted by Crippen LogP contribution is -1.95. The third-order valence-corrected chi connectivity index (χ3v) is 2.26. The van der Waals surface area contributed by atoms with Crippen LogP contribution in [0.1, 0.15) is 10.4 Å². The highest BCUT2D eigenvalue weighted by Gasteiger charge is 2.09. The molecule has 0 amide bonds. The Morgan fingerprint density at radius 1 is 1.24 bits per heavy atom. The fourth-order valence-corrected chi connectivity index (χ4v) is 1.47. The molecule has 4 nitrogen and oxygen atoms in total. The lowest BCUT2D eigenvalue weighted by atomic mass is 10.0. The highest BCUT2D eigenvalue weighted by Crippen LogP contribution is 2.29. The Morgan fingerprint density at radius 2 is 2.00 bits per heavy atom. The van der Waals surface area contributed by atoms with Crippen LogP contribution in [0.15, 0.2) is 36.7 Å². The molecule has 17 heavy (non-hydrogen) atoms. The van der Waals surface area contributed by atoms with Crippen molar-refractivity contribution in [3.05, 3.63) is 48.0 Å². The number of aromatic carboxylic acids is 1. The van der Waals surface area contributed by atoms with E-state index in [1.54, 1.807) is 0 Å². The van der Waals surface area contributed by atoms with Crippen LogP contribution in [0.25, 0.3) is 11.1 Å². The van der Waals surface area contributed by atoms with Crippen molar-refractivity contribution in [2.24, 2.45) is 0 Å². The Labute approximate surface area is 96.0 Å². The zero-order chi connectivity index (χ0) is 12.4. The van der Waals surface area contributed by atoms with Crippen LogP contribution in [0.2, 0.25) is 0 Å². The van der Waals surface area contributed by atoms with E-state index in [2.05, 4.69) is 4.98 Å². The molecule has 0 saturated heterocycles. The van der Waals surface area contributed by atoms with Crippen LogP contribution >= 0.6 is 0 Å². The Hall–Kier alpha value is -2.43. The number of aromatic hydroxyl groups is 1. The standard InChI is InChI=1S/C12H8FNO3/c13-9-3-8(5-14-6-9)10-2-1-7(12(16)17)4-11(10)15/h1-6,15H,(H,16,17). The molecule has 0 unspecified atom stereocenters. The van der Waals surface area contributed by atoms with Crippen molar-refractivity contribution in [3.8, 4) is 16.9 Å². The summed E-state index contributed by atoms with van der Waals surface area (Å²) in [4.78, 5) is 14.3. The van der Waals surface area contributed by atoms with Crippen molar-refractivity contribution in [1.29, 1.82) is 0 Å². The Kier molecular flexibility index (Phi) is 2.74. The summed E-state index contributed by atoms with van der Waals surface area (Å²) in [6, 6.07) is 5.07. The average molecular weight is 233 g/mol. The van der Waals surface area contributed by atoms with Crippen LogP contribution in [0.4, 0.5) is 4.39 Å². The van der Waals surface area contributed by atoms with Crippen molar-refractivity contribution in [2.45, 2.75) is 0 Å². The zero-order valence-electron chi connectivity index (χ0n) is 8.59. The van der Waals surface area contributed by atoms with E-state index < -0.39 is 11.8 Å². The summed E-state index contributed by atoms with van der Waals surface area (Å²) in [6.07, 6.45) is 2.44. The third kappa shape index (κ3) is 2.23. The van der Waals surface area contributed by atoms with Crippen molar-refractivity contribution < 1.29 is 19.4 Å². The number of rotatable bonds is 2. The Bertz CT molecular complexity index is 584. The number of phenolic OH excluding ortho intramolecular Hbond substituents is 1. The quantitative estimate of drug-likeness (QED) is 0.834. The van der Waals surface area contributed by atoms with Crippen LogP contribution < -0.4 is 0 Å². The average Bonchev–Trinajstić information content (AvgIpc) is 2.28. The first kappa shape index (κ1) is 11.1. The summed E-state index contributed by atoms with van der Waals surface area (Å²) in [5.41, 5.74) is 0.692. The van der Waals surface area contributed by atoms with Gasteiger partial charge in [0.15, 0.2) is 0 Å². The van der Waals surface area contributed by atoms with Gasteiger partial charge in [-0.2, -0.15) is 0 Å². The lowest BCUT2D eigenvalue weighted by Gasteiger charge is -2.05. The van der Waals surface area contributed by atoms with Crippen LogP contribution in [-0.4, -0.2) is 21.2 Å².